The minimum absolute atomic E-state index is 0.0227. The van der Waals surface area contributed by atoms with E-state index in [1.165, 1.54) is 5.56 Å². The Morgan fingerprint density at radius 2 is 2.09 bits per heavy atom. The van der Waals surface area contributed by atoms with E-state index in [1.807, 2.05) is 12.1 Å². The number of nitrogens with one attached hydrogen (secondary N) is 3. The summed E-state index contributed by atoms with van der Waals surface area (Å²) in [4.78, 5) is 9.01. The van der Waals surface area contributed by atoms with Crippen molar-refractivity contribution in [3.05, 3.63) is 35.0 Å². The van der Waals surface area contributed by atoms with Crippen LogP contribution in [0.3, 0.4) is 0 Å². The molecule has 3 atom stereocenters. The molecule has 180 valence electrons. The predicted molar refractivity (Wildman–Crippen MR) is 131 cm³/mol. The molecule has 0 saturated heterocycles. The minimum Gasteiger partial charge on any atom is -0.760 e. The number of halogens is 1. The van der Waals surface area contributed by atoms with Gasteiger partial charge in [-0.05, 0) is 43.1 Å². The smallest absolute Gasteiger partial charge is 0.229 e. The van der Waals surface area contributed by atoms with Gasteiger partial charge in [-0.1, -0.05) is 50.4 Å². The maximum absolute atomic E-state index is 11.0. The fraction of sp³-hybridized carbons (Fsp3) is 0.565. The number of anilines is 3. The lowest BCUT2D eigenvalue weighted by Crippen LogP contribution is -2.39. The molecule has 1 aliphatic heterocycles. The Hall–Kier alpha value is -1.94. The van der Waals surface area contributed by atoms with Crippen LogP contribution in [0.4, 0.5) is 17.5 Å². The first kappa shape index (κ1) is 24.2. The van der Waals surface area contributed by atoms with Crippen molar-refractivity contribution in [2.24, 2.45) is 5.92 Å². The summed E-state index contributed by atoms with van der Waals surface area (Å²) in [6, 6.07) is 6.18. The lowest BCUT2D eigenvalue weighted by atomic mass is 9.80. The van der Waals surface area contributed by atoms with Crippen LogP contribution in [0.2, 0.25) is 5.02 Å². The molecule has 4 rings (SSSR count). The first-order valence-corrected chi connectivity index (χ1v) is 12.9. The van der Waals surface area contributed by atoms with Gasteiger partial charge in [-0.15, -0.1) is 0 Å². The van der Waals surface area contributed by atoms with Gasteiger partial charge in [-0.25, -0.2) is 9.71 Å². The molecule has 3 N–H and O–H groups in total. The summed E-state index contributed by atoms with van der Waals surface area (Å²) >= 11 is 4.14. The van der Waals surface area contributed by atoms with Crippen LogP contribution in [-0.2, 0) is 16.7 Å². The Kier molecular flexibility index (Phi) is 7.73. The second-order valence-electron chi connectivity index (χ2n) is 9.41. The van der Waals surface area contributed by atoms with Crippen molar-refractivity contribution in [1.82, 2.24) is 14.7 Å². The summed E-state index contributed by atoms with van der Waals surface area (Å²) < 4.78 is 30.5. The molecule has 2 aromatic rings. The predicted octanol–water partition coefficient (Wildman–Crippen LogP) is 4.68. The summed E-state index contributed by atoms with van der Waals surface area (Å²) in [6.45, 7) is 5.55. The van der Waals surface area contributed by atoms with Gasteiger partial charge in [0.15, 0.2) is 5.82 Å². The molecule has 0 bridgehead atoms. The molecule has 1 fully saturated rings. The number of aromatic nitrogens is 2. The van der Waals surface area contributed by atoms with Crippen LogP contribution >= 0.6 is 11.6 Å². The van der Waals surface area contributed by atoms with Crippen LogP contribution in [0.25, 0.3) is 0 Å². The van der Waals surface area contributed by atoms with Crippen LogP contribution in [0, 0.1) is 5.92 Å². The molecule has 1 aromatic heterocycles. The number of rotatable bonds is 7. The summed E-state index contributed by atoms with van der Waals surface area (Å²) in [5.41, 5.74) is 2.02. The van der Waals surface area contributed by atoms with E-state index in [1.54, 1.807) is 6.20 Å². The first-order chi connectivity index (χ1) is 15.8. The zero-order chi connectivity index (χ0) is 23.4. The maximum Gasteiger partial charge on any atom is 0.229 e. The molecular formula is C23H31ClN5O3S-. The fourth-order valence-corrected chi connectivity index (χ4v) is 5.28. The third-order valence-electron chi connectivity index (χ3n) is 6.62. The summed E-state index contributed by atoms with van der Waals surface area (Å²) in [5, 5.41) is 7.18. The number of ether oxygens (including phenoxy) is 1. The molecular weight excluding hydrogens is 462 g/mol. The van der Waals surface area contributed by atoms with Gasteiger partial charge in [-0.2, -0.15) is 4.98 Å². The number of hydrogen-bond acceptors (Lipinski definition) is 7. The lowest BCUT2D eigenvalue weighted by molar-refractivity contribution is 0.315. The topological polar surface area (TPSA) is 111 Å². The van der Waals surface area contributed by atoms with Crippen molar-refractivity contribution in [2.75, 3.05) is 23.8 Å². The second kappa shape index (κ2) is 10.5. The third kappa shape index (κ3) is 5.95. The third-order valence-corrected chi connectivity index (χ3v) is 7.30. The zero-order valence-corrected chi connectivity index (χ0v) is 20.6. The van der Waals surface area contributed by atoms with E-state index in [2.05, 4.69) is 45.2 Å². The highest BCUT2D eigenvalue weighted by Crippen LogP contribution is 2.42. The van der Waals surface area contributed by atoms with Gasteiger partial charge in [-0.3, -0.25) is 4.21 Å². The zero-order valence-electron chi connectivity index (χ0n) is 19.0. The van der Waals surface area contributed by atoms with Crippen molar-refractivity contribution in [3.8, 4) is 5.75 Å². The van der Waals surface area contributed by atoms with Crippen LogP contribution in [0.1, 0.15) is 57.9 Å². The van der Waals surface area contributed by atoms with E-state index >= 15 is 0 Å². The van der Waals surface area contributed by atoms with Gasteiger partial charge in [0, 0.05) is 29.4 Å². The van der Waals surface area contributed by atoms with E-state index in [9.17, 15) is 8.76 Å². The van der Waals surface area contributed by atoms with Crippen LogP contribution < -0.4 is 20.1 Å². The molecule has 0 radical (unpaired) electrons. The van der Waals surface area contributed by atoms with Crippen LogP contribution in [0.5, 0.6) is 5.75 Å². The average molecular weight is 493 g/mol. The molecule has 33 heavy (non-hydrogen) atoms. The Labute approximate surface area is 202 Å². The number of benzene rings is 1. The standard InChI is InChI=1S/C23H32ClN5O3S/c1-23(2)11-6-12-32-20-16(23)8-5-10-19(20)28-22-25-14-17(24)21(29-22)27-18-9-4-3-7-15(18)13-26-33(30)31/h5,8,10,14-15,18,26H,3-4,6-7,9,11-13H2,1-2H3,(H,30,31)(H2,25,27,28,29)/p-1/t15-,18-/m1/s1. The molecule has 1 saturated carbocycles. The van der Waals surface area contributed by atoms with Crippen molar-refractivity contribution < 1.29 is 13.5 Å². The highest BCUT2D eigenvalue weighted by molar-refractivity contribution is 7.77. The quantitative estimate of drug-likeness (QED) is 0.481. The SMILES string of the molecule is CC1(C)CCCOc2c(Nc3ncc(Cl)c(N[C@@H]4CCCC[C@@H]4CNS(=O)[O-])n3)cccc21. The lowest BCUT2D eigenvalue weighted by Gasteiger charge is -2.33. The molecule has 0 spiro atoms. The number of para-hydroxylation sites is 1. The molecule has 0 amide bonds. The van der Waals surface area contributed by atoms with E-state index in [0.29, 0.717) is 29.9 Å². The molecule has 8 nitrogen and oxygen atoms in total. The van der Waals surface area contributed by atoms with Gasteiger partial charge in [0.05, 0.1) is 18.5 Å². The van der Waals surface area contributed by atoms with Gasteiger partial charge < -0.3 is 19.9 Å². The van der Waals surface area contributed by atoms with Crippen molar-refractivity contribution >= 4 is 40.3 Å². The van der Waals surface area contributed by atoms with E-state index in [4.69, 9.17) is 16.3 Å². The highest BCUT2D eigenvalue weighted by atomic mass is 35.5. The Balaban J connectivity index is 1.54. The van der Waals surface area contributed by atoms with E-state index in [0.717, 1.165) is 50.0 Å². The molecule has 1 aromatic carbocycles. The first-order valence-electron chi connectivity index (χ1n) is 11.5. The monoisotopic (exact) mass is 492 g/mol. The number of hydrogen-bond donors (Lipinski definition) is 3. The summed E-state index contributed by atoms with van der Waals surface area (Å²) in [6.07, 6.45) is 7.67. The van der Waals surface area contributed by atoms with Gasteiger partial charge in [0.1, 0.15) is 10.8 Å². The molecule has 1 unspecified atom stereocenters. The van der Waals surface area contributed by atoms with E-state index < -0.39 is 11.3 Å². The number of fused-ring (bicyclic) bond motifs is 1. The molecule has 2 heterocycles. The highest BCUT2D eigenvalue weighted by Gasteiger charge is 2.29. The van der Waals surface area contributed by atoms with Crippen LogP contribution in [-0.4, -0.2) is 37.9 Å². The molecule has 10 heteroatoms. The van der Waals surface area contributed by atoms with Gasteiger partial charge in [0.2, 0.25) is 5.95 Å². The molecule has 2 aliphatic rings. The second-order valence-corrected chi connectivity index (χ2v) is 10.6. The molecule has 1 aliphatic carbocycles. The van der Waals surface area contributed by atoms with Crippen LogP contribution in [0.15, 0.2) is 24.4 Å². The summed E-state index contributed by atoms with van der Waals surface area (Å²) in [5.74, 6) is 1.97. The van der Waals surface area contributed by atoms with E-state index in [-0.39, 0.29) is 17.4 Å². The minimum atomic E-state index is -2.27. The van der Waals surface area contributed by atoms with Gasteiger partial charge in [0.25, 0.3) is 0 Å². The fourth-order valence-electron chi connectivity index (χ4n) is 4.79. The Bertz CT molecular complexity index is 1010. The number of nitrogens with zero attached hydrogens (tertiary/aromatic N) is 2. The van der Waals surface area contributed by atoms with Crippen molar-refractivity contribution in [2.45, 2.75) is 63.8 Å². The van der Waals surface area contributed by atoms with Crippen molar-refractivity contribution in [3.63, 3.8) is 0 Å². The Morgan fingerprint density at radius 3 is 2.91 bits per heavy atom. The van der Waals surface area contributed by atoms with Gasteiger partial charge >= 0.3 is 0 Å². The Morgan fingerprint density at radius 1 is 1.27 bits per heavy atom. The average Bonchev–Trinajstić information content (AvgIpc) is 2.94. The van der Waals surface area contributed by atoms with Crippen molar-refractivity contribution in [1.29, 1.82) is 0 Å². The normalized spacial score (nSPS) is 23.0. The summed E-state index contributed by atoms with van der Waals surface area (Å²) in [7, 11) is 0. The largest absolute Gasteiger partial charge is 0.760 e. The maximum atomic E-state index is 11.0.